The van der Waals surface area contributed by atoms with Gasteiger partial charge in [-0.2, -0.15) is 5.10 Å². The van der Waals surface area contributed by atoms with Crippen LogP contribution in [0, 0.1) is 12.8 Å². The quantitative estimate of drug-likeness (QED) is 0.905. The van der Waals surface area contributed by atoms with Crippen molar-refractivity contribution in [1.82, 2.24) is 20.0 Å². The first-order valence-electron chi connectivity index (χ1n) is 7.72. The Morgan fingerprint density at radius 2 is 2.30 bits per heavy atom. The molecule has 1 N–H and O–H groups in total. The molecule has 1 amide bonds. The first-order chi connectivity index (χ1) is 9.69. The summed E-state index contributed by atoms with van der Waals surface area (Å²) in [6.45, 7) is 7.77. The molecule has 0 radical (unpaired) electrons. The van der Waals surface area contributed by atoms with Gasteiger partial charge in [0, 0.05) is 19.0 Å². The standard InChI is InChI=1S/C15H24N4O/c1-3-19-13(8-11(2)17-19)10-18-14-6-7-16-9-12(14)4-5-15(18)20/h8,12,14,16H,3-7,9-10H2,1-2H3. The second kappa shape index (κ2) is 5.56. The van der Waals surface area contributed by atoms with E-state index in [1.165, 1.54) is 0 Å². The minimum Gasteiger partial charge on any atom is -0.333 e. The molecule has 0 spiro atoms. The van der Waals surface area contributed by atoms with Crippen LogP contribution in [-0.4, -0.2) is 39.7 Å². The number of nitrogens with zero attached hydrogens (tertiary/aromatic N) is 3. The average molecular weight is 276 g/mol. The van der Waals surface area contributed by atoms with Crippen molar-refractivity contribution in [2.75, 3.05) is 13.1 Å². The van der Waals surface area contributed by atoms with Crippen molar-refractivity contribution in [1.29, 1.82) is 0 Å². The van der Waals surface area contributed by atoms with Crippen molar-refractivity contribution in [3.8, 4) is 0 Å². The highest BCUT2D eigenvalue weighted by Gasteiger charge is 2.37. The Balaban J connectivity index is 1.81. The minimum absolute atomic E-state index is 0.314. The van der Waals surface area contributed by atoms with E-state index in [2.05, 4.69) is 28.3 Å². The van der Waals surface area contributed by atoms with E-state index in [4.69, 9.17) is 0 Å². The smallest absolute Gasteiger partial charge is 0.223 e. The molecule has 2 atom stereocenters. The van der Waals surface area contributed by atoms with Crippen LogP contribution in [0.3, 0.4) is 0 Å². The van der Waals surface area contributed by atoms with Crippen LogP contribution in [0.15, 0.2) is 6.07 Å². The fraction of sp³-hybridized carbons (Fsp3) is 0.733. The number of rotatable bonds is 3. The molecule has 3 heterocycles. The van der Waals surface area contributed by atoms with E-state index in [-0.39, 0.29) is 0 Å². The van der Waals surface area contributed by atoms with Crippen molar-refractivity contribution in [2.45, 2.75) is 52.2 Å². The van der Waals surface area contributed by atoms with E-state index in [1.54, 1.807) is 0 Å². The summed E-state index contributed by atoms with van der Waals surface area (Å²) in [6.07, 6.45) is 2.82. The van der Waals surface area contributed by atoms with Crippen molar-refractivity contribution in [3.05, 3.63) is 17.5 Å². The van der Waals surface area contributed by atoms with Crippen LogP contribution < -0.4 is 5.32 Å². The third-order valence-corrected chi connectivity index (χ3v) is 4.63. The largest absolute Gasteiger partial charge is 0.333 e. The summed E-state index contributed by atoms with van der Waals surface area (Å²) in [5, 5.41) is 7.94. The van der Waals surface area contributed by atoms with E-state index >= 15 is 0 Å². The molecule has 0 aliphatic carbocycles. The first-order valence-corrected chi connectivity index (χ1v) is 7.72. The second-order valence-electron chi connectivity index (χ2n) is 5.97. The maximum absolute atomic E-state index is 12.3. The Labute approximate surface area is 120 Å². The third kappa shape index (κ3) is 2.46. The molecule has 2 unspecified atom stereocenters. The molecular weight excluding hydrogens is 252 g/mol. The highest BCUT2D eigenvalue weighted by molar-refractivity contribution is 5.77. The molecule has 110 valence electrons. The van der Waals surface area contributed by atoms with E-state index in [1.807, 2.05) is 11.6 Å². The highest BCUT2D eigenvalue weighted by atomic mass is 16.2. The summed E-state index contributed by atoms with van der Waals surface area (Å²) >= 11 is 0. The van der Waals surface area contributed by atoms with Gasteiger partial charge in [-0.3, -0.25) is 9.48 Å². The summed E-state index contributed by atoms with van der Waals surface area (Å²) in [7, 11) is 0. The van der Waals surface area contributed by atoms with Crippen LogP contribution in [-0.2, 0) is 17.9 Å². The molecule has 2 saturated heterocycles. The van der Waals surface area contributed by atoms with Crippen molar-refractivity contribution >= 4 is 5.91 Å². The van der Waals surface area contributed by atoms with Crippen molar-refractivity contribution in [2.24, 2.45) is 5.92 Å². The maximum atomic E-state index is 12.3. The lowest BCUT2D eigenvalue weighted by molar-refractivity contribution is -0.140. The summed E-state index contributed by atoms with van der Waals surface area (Å²) in [6, 6.07) is 2.53. The predicted molar refractivity (Wildman–Crippen MR) is 77.2 cm³/mol. The van der Waals surface area contributed by atoms with Crippen LogP contribution in [0.1, 0.15) is 37.6 Å². The maximum Gasteiger partial charge on any atom is 0.223 e. The molecule has 0 bridgehead atoms. The van der Waals surface area contributed by atoms with Gasteiger partial charge in [0.15, 0.2) is 0 Å². The van der Waals surface area contributed by atoms with Gasteiger partial charge in [-0.25, -0.2) is 0 Å². The fourth-order valence-electron chi connectivity index (χ4n) is 3.63. The van der Waals surface area contributed by atoms with Gasteiger partial charge < -0.3 is 10.2 Å². The third-order valence-electron chi connectivity index (χ3n) is 4.63. The zero-order valence-corrected chi connectivity index (χ0v) is 12.4. The highest BCUT2D eigenvalue weighted by Crippen LogP contribution is 2.29. The number of piperidine rings is 2. The van der Waals surface area contributed by atoms with Gasteiger partial charge in [0.05, 0.1) is 17.9 Å². The Morgan fingerprint density at radius 3 is 3.10 bits per heavy atom. The second-order valence-corrected chi connectivity index (χ2v) is 5.97. The molecule has 1 aromatic heterocycles. The van der Waals surface area contributed by atoms with Gasteiger partial charge in [0.25, 0.3) is 0 Å². The minimum atomic E-state index is 0.314. The summed E-state index contributed by atoms with van der Waals surface area (Å²) in [5.74, 6) is 0.940. The van der Waals surface area contributed by atoms with Crippen LogP contribution >= 0.6 is 0 Å². The van der Waals surface area contributed by atoms with Crippen LogP contribution in [0.5, 0.6) is 0 Å². The SMILES string of the molecule is CCn1nc(C)cc1CN1C(=O)CCC2CNCCC21. The first kappa shape index (κ1) is 13.6. The van der Waals surface area contributed by atoms with Crippen molar-refractivity contribution in [3.63, 3.8) is 0 Å². The van der Waals surface area contributed by atoms with E-state index in [0.29, 0.717) is 30.8 Å². The zero-order chi connectivity index (χ0) is 14.1. The molecule has 20 heavy (non-hydrogen) atoms. The normalized spacial score (nSPS) is 26.7. The monoisotopic (exact) mass is 276 g/mol. The number of carbonyl (C=O) groups is 1. The number of nitrogens with one attached hydrogen (secondary N) is 1. The number of aryl methyl sites for hydroxylation is 2. The predicted octanol–water partition coefficient (Wildman–Crippen LogP) is 1.31. The van der Waals surface area contributed by atoms with Crippen LogP contribution in [0.4, 0.5) is 0 Å². The summed E-state index contributed by atoms with van der Waals surface area (Å²) < 4.78 is 2.02. The Bertz CT molecular complexity index is 496. The van der Waals surface area contributed by atoms with Crippen LogP contribution in [0.2, 0.25) is 0 Å². The molecule has 2 aliphatic heterocycles. The molecule has 3 rings (SSSR count). The summed E-state index contributed by atoms with van der Waals surface area (Å²) in [5.41, 5.74) is 2.20. The fourth-order valence-corrected chi connectivity index (χ4v) is 3.63. The molecule has 2 fully saturated rings. The Kier molecular flexibility index (Phi) is 3.78. The Morgan fingerprint density at radius 1 is 1.45 bits per heavy atom. The Hall–Kier alpha value is -1.36. The molecule has 1 aromatic rings. The topological polar surface area (TPSA) is 50.2 Å². The van der Waals surface area contributed by atoms with Gasteiger partial charge in [0.1, 0.15) is 0 Å². The lowest BCUT2D eigenvalue weighted by Gasteiger charge is -2.44. The number of likely N-dealkylation sites (tertiary alicyclic amines) is 1. The van der Waals surface area contributed by atoms with Crippen molar-refractivity contribution < 1.29 is 4.79 Å². The molecule has 0 saturated carbocycles. The molecule has 0 aromatic carbocycles. The average Bonchev–Trinajstić information content (AvgIpc) is 2.82. The lowest BCUT2D eigenvalue weighted by atomic mass is 9.84. The van der Waals surface area contributed by atoms with E-state index in [0.717, 1.165) is 43.9 Å². The van der Waals surface area contributed by atoms with Crippen LogP contribution in [0.25, 0.3) is 0 Å². The number of hydrogen-bond acceptors (Lipinski definition) is 3. The number of aromatic nitrogens is 2. The number of amides is 1. The summed E-state index contributed by atoms with van der Waals surface area (Å²) in [4.78, 5) is 14.4. The van der Waals surface area contributed by atoms with Gasteiger partial charge >= 0.3 is 0 Å². The van der Waals surface area contributed by atoms with E-state index < -0.39 is 0 Å². The zero-order valence-electron chi connectivity index (χ0n) is 12.4. The lowest BCUT2D eigenvalue weighted by Crippen LogP contribution is -2.54. The molecule has 2 aliphatic rings. The number of carbonyl (C=O) groups excluding carboxylic acids is 1. The van der Waals surface area contributed by atoms with Gasteiger partial charge in [0.2, 0.25) is 5.91 Å². The van der Waals surface area contributed by atoms with Gasteiger partial charge in [-0.05, 0) is 51.8 Å². The molecule has 5 heteroatoms. The van der Waals surface area contributed by atoms with E-state index in [9.17, 15) is 4.79 Å². The number of fused-ring (bicyclic) bond motifs is 1. The van der Waals surface area contributed by atoms with Gasteiger partial charge in [-0.15, -0.1) is 0 Å². The number of hydrogen-bond donors (Lipinski definition) is 1. The molecular formula is C15H24N4O. The van der Waals surface area contributed by atoms with Gasteiger partial charge in [-0.1, -0.05) is 0 Å². The molecule has 5 nitrogen and oxygen atoms in total.